The molecule has 1 fully saturated rings. The topological polar surface area (TPSA) is 63.4 Å². The first-order valence-corrected chi connectivity index (χ1v) is 7.74. The minimum Gasteiger partial charge on any atom is -0.320 e. The minimum absolute atomic E-state index is 0.215. The number of sulfonamides is 1. The molecule has 1 saturated carbocycles. The Morgan fingerprint density at radius 1 is 1.37 bits per heavy atom. The molecule has 0 aromatic heterocycles. The second kappa shape index (κ2) is 5.74. The van der Waals surface area contributed by atoms with Gasteiger partial charge in [-0.05, 0) is 30.9 Å². The summed E-state index contributed by atoms with van der Waals surface area (Å²) in [6.07, 6.45) is 2.24. The molecule has 0 radical (unpaired) electrons. The van der Waals surface area contributed by atoms with Crippen molar-refractivity contribution in [3.05, 3.63) is 29.8 Å². The first-order chi connectivity index (χ1) is 9.05. The summed E-state index contributed by atoms with van der Waals surface area (Å²) in [4.78, 5) is 0.263. The Labute approximate surface area is 114 Å². The Kier molecular flexibility index (Phi) is 4.25. The average Bonchev–Trinajstić information content (AvgIpc) is 3.20. The number of benzene rings is 1. The monoisotopic (exact) mass is 278 g/mol. The Morgan fingerprint density at radius 3 is 2.68 bits per heavy atom. The third-order valence-electron chi connectivity index (χ3n) is 3.11. The molecule has 0 aliphatic heterocycles. The molecule has 1 aromatic rings. The highest BCUT2D eigenvalue weighted by atomic mass is 32.2. The van der Waals surface area contributed by atoms with Gasteiger partial charge in [0.2, 0.25) is 10.0 Å². The van der Waals surface area contributed by atoms with E-state index in [9.17, 15) is 8.42 Å². The fourth-order valence-corrected chi connectivity index (χ4v) is 3.26. The lowest BCUT2D eigenvalue weighted by molar-refractivity contribution is 0.452. The fraction of sp³-hybridized carbons (Fsp3) is 0.429. The van der Waals surface area contributed by atoms with Crippen molar-refractivity contribution in [3.63, 3.8) is 0 Å². The highest BCUT2D eigenvalue weighted by Gasteiger charge is 2.30. The van der Waals surface area contributed by atoms with Crippen LogP contribution in [0, 0.1) is 17.8 Å². The predicted octanol–water partition coefficient (Wildman–Crippen LogP) is 1.03. The molecule has 1 aromatic carbocycles. The van der Waals surface area contributed by atoms with E-state index in [2.05, 4.69) is 11.8 Å². The van der Waals surface area contributed by atoms with Crippen molar-refractivity contribution >= 4 is 10.0 Å². The maximum absolute atomic E-state index is 12.5. The highest BCUT2D eigenvalue weighted by Crippen LogP contribution is 2.31. The normalized spacial score (nSPS) is 15.1. The summed E-state index contributed by atoms with van der Waals surface area (Å²) < 4.78 is 26.4. The van der Waals surface area contributed by atoms with Crippen LogP contribution in [0.4, 0.5) is 0 Å². The van der Waals surface area contributed by atoms with Crippen LogP contribution in [0.25, 0.3) is 0 Å². The molecule has 0 heterocycles. The first kappa shape index (κ1) is 14.1. The summed E-state index contributed by atoms with van der Waals surface area (Å²) in [5.74, 6) is 6.04. The molecule has 1 aliphatic carbocycles. The van der Waals surface area contributed by atoms with Crippen molar-refractivity contribution < 1.29 is 8.42 Å². The molecule has 1 aliphatic rings. The molecular weight excluding hydrogens is 260 g/mol. The molecule has 0 saturated heterocycles. The molecule has 5 heteroatoms. The molecule has 0 amide bonds. The van der Waals surface area contributed by atoms with E-state index in [-0.39, 0.29) is 11.4 Å². The average molecular weight is 278 g/mol. The van der Waals surface area contributed by atoms with Crippen LogP contribution in [-0.4, -0.2) is 32.9 Å². The van der Waals surface area contributed by atoms with Crippen molar-refractivity contribution in [2.75, 3.05) is 20.1 Å². The van der Waals surface area contributed by atoms with Crippen molar-refractivity contribution in [1.29, 1.82) is 0 Å². The Hall–Kier alpha value is -1.35. The molecule has 0 unspecified atom stereocenters. The SMILES string of the molecule is CN(CC1CC1)S(=O)(=O)c1ccccc1C#CCN. The van der Waals surface area contributed by atoms with Crippen LogP contribution in [0.3, 0.4) is 0 Å². The van der Waals surface area contributed by atoms with Crippen LogP contribution in [0.15, 0.2) is 29.2 Å². The van der Waals surface area contributed by atoms with E-state index in [1.165, 1.54) is 4.31 Å². The summed E-state index contributed by atoms with van der Waals surface area (Å²) in [5, 5.41) is 0. The van der Waals surface area contributed by atoms with Crippen LogP contribution in [0.2, 0.25) is 0 Å². The van der Waals surface area contributed by atoms with E-state index in [4.69, 9.17) is 5.73 Å². The van der Waals surface area contributed by atoms with E-state index >= 15 is 0 Å². The van der Waals surface area contributed by atoms with Crippen molar-refractivity contribution in [2.45, 2.75) is 17.7 Å². The second-order valence-corrected chi connectivity index (χ2v) is 6.74. The van der Waals surface area contributed by atoms with Crippen LogP contribution in [-0.2, 0) is 10.0 Å². The van der Waals surface area contributed by atoms with Crippen LogP contribution < -0.4 is 5.73 Å². The number of nitrogens with zero attached hydrogens (tertiary/aromatic N) is 1. The quantitative estimate of drug-likeness (QED) is 0.837. The highest BCUT2D eigenvalue weighted by molar-refractivity contribution is 7.89. The molecule has 102 valence electrons. The maximum Gasteiger partial charge on any atom is 0.244 e. The van der Waals surface area contributed by atoms with E-state index < -0.39 is 10.0 Å². The number of hydrogen-bond donors (Lipinski definition) is 1. The minimum atomic E-state index is -3.47. The molecule has 2 rings (SSSR count). The molecule has 0 atom stereocenters. The van der Waals surface area contributed by atoms with Gasteiger partial charge >= 0.3 is 0 Å². The molecular formula is C14H18N2O2S. The Balaban J connectivity index is 2.33. The van der Waals surface area contributed by atoms with Gasteiger partial charge in [-0.2, -0.15) is 0 Å². The van der Waals surface area contributed by atoms with Crippen molar-refractivity contribution in [3.8, 4) is 11.8 Å². The fourth-order valence-electron chi connectivity index (χ4n) is 1.87. The maximum atomic E-state index is 12.5. The van der Waals surface area contributed by atoms with Gasteiger partial charge < -0.3 is 5.73 Å². The summed E-state index contributed by atoms with van der Waals surface area (Å²) >= 11 is 0. The van der Waals surface area contributed by atoms with E-state index in [0.717, 1.165) is 12.8 Å². The number of rotatable bonds is 4. The van der Waals surface area contributed by atoms with Gasteiger partial charge in [-0.1, -0.05) is 24.0 Å². The van der Waals surface area contributed by atoms with E-state index in [1.807, 2.05) is 0 Å². The lowest BCUT2D eigenvalue weighted by Gasteiger charge is -2.17. The first-order valence-electron chi connectivity index (χ1n) is 6.30. The third kappa shape index (κ3) is 3.35. The summed E-state index contributed by atoms with van der Waals surface area (Å²) in [7, 11) is -1.84. The van der Waals surface area contributed by atoms with Crippen LogP contribution in [0.5, 0.6) is 0 Å². The van der Waals surface area contributed by atoms with Crippen molar-refractivity contribution in [1.82, 2.24) is 4.31 Å². The van der Waals surface area contributed by atoms with Gasteiger partial charge in [0.25, 0.3) is 0 Å². The van der Waals surface area contributed by atoms with E-state index in [0.29, 0.717) is 18.0 Å². The smallest absolute Gasteiger partial charge is 0.244 e. The standard InChI is InChI=1S/C14H18N2O2S/c1-16(11-12-8-9-12)19(17,18)14-7-3-2-5-13(14)6-4-10-15/h2-3,5,7,12H,8-11,15H2,1H3. The largest absolute Gasteiger partial charge is 0.320 e. The Bertz CT molecular complexity index is 610. The van der Waals surface area contributed by atoms with E-state index in [1.54, 1.807) is 31.3 Å². The van der Waals surface area contributed by atoms with Gasteiger partial charge in [-0.3, -0.25) is 0 Å². The van der Waals surface area contributed by atoms with Gasteiger partial charge in [-0.15, -0.1) is 0 Å². The molecule has 4 nitrogen and oxygen atoms in total. The predicted molar refractivity (Wildman–Crippen MR) is 74.9 cm³/mol. The molecule has 2 N–H and O–H groups in total. The number of nitrogens with two attached hydrogens (primary N) is 1. The van der Waals surface area contributed by atoms with Gasteiger partial charge in [0, 0.05) is 19.2 Å². The second-order valence-electron chi connectivity index (χ2n) is 4.73. The zero-order chi connectivity index (χ0) is 13.9. The molecule has 19 heavy (non-hydrogen) atoms. The summed E-state index contributed by atoms with van der Waals surface area (Å²) in [6.45, 7) is 0.799. The van der Waals surface area contributed by atoms with Gasteiger partial charge in [0.15, 0.2) is 0 Å². The van der Waals surface area contributed by atoms with Gasteiger partial charge in [-0.25, -0.2) is 12.7 Å². The zero-order valence-electron chi connectivity index (χ0n) is 11.0. The zero-order valence-corrected chi connectivity index (χ0v) is 11.8. The Morgan fingerprint density at radius 2 is 2.05 bits per heavy atom. The lowest BCUT2D eigenvalue weighted by atomic mass is 10.2. The summed E-state index contributed by atoms with van der Waals surface area (Å²) in [6, 6.07) is 6.80. The van der Waals surface area contributed by atoms with Gasteiger partial charge in [0.1, 0.15) is 0 Å². The number of hydrogen-bond acceptors (Lipinski definition) is 3. The van der Waals surface area contributed by atoms with Crippen LogP contribution in [0.1, 0.15) is 18.4 Å². The molecule has 0 spiro atoms. The van der Waals surface area contributed by atoms with Crippen LogP contribution >= 0.6 is 0 Å². The third-order valence-corrected chi connectivity index (χ3v) is 4.99. The van der Waals surface area contributed by atoms with Gasteiger partial charge in [0.05, 0.1) is 11.4 Å². The molecule has 0 bridgehead atoms. The lowest BCUT2D eigenvalue weighted by Crippen LogP contribution is -2.29. The summed E-state index contributed by atoms with van der Waals surface area (Å²) in [5.41, 5.74) is 5.85. The van der Waals surface area contributed by atoms with Crippen molar-refractivity contribution in [2.24, 2.45) is 11.7 Å².